The van der Waals surface area contributed by atoms with Gasteiger partial charge in [0.05, 0.1) is 18.2 Å². The van der Waals surface area contributed by atoms with E-state index in [4.69, 9.17) is 12.6 Å². The molecule has 1 saturated heterocycles. The van der Waals surface area contributed by atoms with E-state index in [2.05, 4.69) is 23.9 Å². The number of pyridine rings is 1. The largest absolute Gasteiger partial charge is 0.373 e. The monoisotopic (exact) mass is 388 g/mol. The van der Waals surface area contributed by atoms with E-state index in [0.29, 0.717) is 12.1 Å². The van der Waals surface area contributed by atoms with E-state index >= 15 is 0 Å². The van der Waals surface area contributed by atoms with Crippen molar-refractivity contribution in [3.63, 3.8) is 0 Å². The van der Waals surface area contributed by atoms with Crippen LogP contribution in [0.5, 0.6) is 0 Å². The number of nitrogens with zero attached hydrogens (tertiary/aromatic N) is 2. The molecule has 1 unspecified atom stereocenters. The SMILES string of the molecule is [B]c1cc(C(C)OCC2(c3ccc(F)cc3)CCN(C)CC2)c2ncccc2c1. The third kappa shape index (κ3) is 4.21. The van der Waals surface area contributed by atoms with Crippen LogP contribution in [0.25, 0.3) is 10.9 Å². The molecule has 5 heteroatoms. The van der Waals surface area contributed by atoms with Crippen molar-refractivity contribution in [1.29, 1.82) is 0 Å². The van der Waals surface area contributed by atoms with Gasteiger partial charge in [-0.25, -0.2) is 4.39 Å². The molecule has 1 aromatic heterocycles. The molecule has 0 spiro atoms. The summed E-state index contributed by atoms with van der Waals surface area (Å²) in [5, 5.41) is 1.02. The Hall–Kier alpha value is -2.24. The molecule has 148 valence electrons. The third-order valence-electron chi connectivity index (χ3n) is 6.21. The van der Waals surface area contributed by atoms with Gasteiger partial charge in [0.1, 0.15) is 13.7 Å². The molecule has 1 aliphatic rings. The average Bonchev–Trinajstić information content (AvgIpc) is 2.73. The van der Waals surface area contributed by atoms with Crippen LogP contribution in [0.1, 0.15) is 37.0 Å². The molecule has 1 atom stereocenters. The predicted molar refractivity (Wildman–Crippen MR) is 116 cm³/mol. The Kier molecular flexibility index (Phi) is 5.71. The molecule has 0 bridgehead atoms. The summed E-state index contributed by atoms with van der Waals surface area (Å²) >= 11 is 0. The predicted octanol–water partition coefficient (Wildman–Crippen LogP) is 3.91. The number of halogens is 1. The molecule has 2 radical (unpaired) electrons. The van der Waals surface area contributed by atoms with Gasteiger partial charge < -0.3 is 9.64 Å². The molecule has 1 fully saturated rings. The zero-order valence-electron chi connectivity index (χ0n) is 17.1. The van der Waals surface area contributed by atoms with Crippen LogP contribution in [-0.2, 0) is 10.2 Å². The highest BCUT2D eigenvalue weighted by Crippen LogP contribution is 2.37. The van der Waals surface area contributed by atoms with Gasteiger partial charge in [-0.2, -0.15) is 0 Å². The van der Waals surface area contributed by atoms with E-state index in [0.717, 1.165) is 48.0 Å². The lowest BCUT2D eigenvalue weighted by molar-refractivity contribution is 0.00699. The van der Waals surface area contributed by atoms with E-state index in [1.165, 1.54) is 0 Å². The summed E-state index contributed by atoms with van der Waals surface area (Å²) in [5.41, 5.74) is 3.67. The number of hydrogen-bond donors (Lipinski definition) is 0. The minimum atomic E-state index is -0.205. The summed E-state index contributed by atoms with van der Waals surface area (Å²) in [5.74, 6) is -0.205. The summed E-state index contributed by atoms with van der Waals surface area (Å²) in [4.78, 5) is 6.88. The minimum absolute atomic E-state index is 0.113. The van der Waals surface area contributed by atoms with Crippen LogP contribution in [0, 0.1) is 5.82 Å². The van der Waals surface area contributed by atoms with Crippen molar-refractivity contribution in [2.45, 2.75) is 31.3 Å². The first-order valence-electron chi connectivity index (χ1n) is 10.2. The molecule has 0 aliphatic carbocycles. The lowest BCUT2D eigenvalue weighted by Gasteiger charge is -2.41. The van der Waals surface area contributed by atoms with Crippen LogP contribution in [0.3, 0.4) is 0 Å². The first kappa shape index (κ1) is 20.1. The molecule has 4 rings (SSSR count). The highest BCUT2D eigenvalue weighted by Gasteiger charge is 2.36. The lowest BCUT2D eigenvalue weighted by Crippen LogP contribution is -2.44. The fourth-order valence-corrected chi connectivity index (χ4v) is 4.30. The van der Waals surface area contributed by atoms with Gasteiger partial charge in [-0.15, -0.1) is 0 Å². The minimum Gasteiger partial charge on any atom is -0.373 e. The molecule has 0 amide bonds. The van der Waals surface area contributed by atoms with Gasteiger partial charge in [0.15, 0.2) is 0 Å². The van der Waals surface area contributed by atoms with Gasteiger partial charge >= 0.3 is 0 Å². The molecule has 3 nitrogen and oxygen atoms in total. The van der Waals surface area contributed by atoms with Crippen LogP contribution in [0.2, 0.25) is 0 Å². The number of aromatic nitrogens is 1. The quantitative estimate of drug-likeness (QED) is 0.620. The summed E-state index contributed by atoms with van der Waals surface area (Å²) in [6.45, 7) is 4.63. The number of fused-ring (bicyclic) bond motifs is 1. The van der Waals surface area contributed by atoms with Crippen LogP contribution >= 0.6 is 0 Å². The fraction of sp³-hybridized carbons (Fsp3) is 0.375. The fourth-order valence-electron chi connectivity index (χ4n) is 4.30. The standard InChI is InChI=1S/C24H26BFN2O/c1-17(22-15-20(25)14-18-4-3-11-27-23(18)22)29-16-24(9-12-28(2)13-10-24)19-5-7-21(26)8-6-19/h3-8,11,14-15,17H,9-10,12-13,16H2,1-2H3. The normalized spacial score (nSPS) is 18.0. The molecular formula is C24H26BFN2O. The molecule has 2 heterocycles. The Balaban J connectivity index is 1.60. The maximum atomic E-state index is 13.5. The zero-order valence-corrected chi connectivity index (χ0v) is 17.1. The molecular weight excluding hydrogens is 362 g/mol. The van der Waals surface area contributed by atoms with E-state index in [1.807, 2.05) is 36.4 Å². The van der Waals surface area contributed by atoms with Gasteiger partial charge in [-0.3, -0.25) is 4.98 Å². The van der Waals surface area contributed by atoms with Crippen molar-refractivity contribution in [3.8, 4) is 0 Å². The van der Waals surface area contributed by atoms with E-state index in [-0.39, 0.29) is 17.3 Å². The van der Waals surface area contributed by atoms with Crippen LogP contribution in [0.15, 0.2) is 54.7 Å². The number of rotatable bonds is 5. The Bertz CT molecular complexity index is 984. The Morgan fingerprint density at radius 1 is 1.17 bits per heavy atom. The highest BCUT2D eigenvalue weighted by atomic mass is 19.1. The molecule has 29 heavy (non-hydrogen) atoms. The van der Waals surface area contributed by atoms with Gasteiger partial charge in [-0.1, -0.05) is 35.8 Å². The van der Waals surface area contributed by atoms with Crippen molar-refractivity contribution in [3.05, 3.63) is 71.7 Å². The molecule has 2 aromatic carbocycles. The van der Waals surface area contributed by atoms with Crippen molar-refractivity contribution >= 4 is 24.2 Å². The number of benzene rings is 2. The number of piperidine rings is 1. The maximum Gasteiger partial charge on any atom is 0.123 e. The number of hydrogen-bond acceptors (Lipinski definition) is 3. The second-order valence-electron chi connectivity index (χ2n) is 8.23. The first-order chi connectivity index (χ1) is 14.0. The van der Waals surface area contributed by atoms with E-state index in [9.17, 15) is 4.39 Å². The van der Waals surface area contributed by atoms with Gasteiger partial charge in [0.25, 0.3) is 0 Å². The Morgan fingerprint density at radius 3 is 2.62 bits per heavy atom. The zero-order chi connectivity index (χ0) is 20.4. The second kappa shape index (κ2) is 8.25. The summed E-state index contributed by atoms with van der Waals surface area (Å²) < 4.78 is 20.0. The van der Waals surface area contributed by atoms with Crippen molar-refractivity contribution in [2.75, 3.05) is 26.7 Å². The first-order valence-corrected chi connectivity index (χ1v) is 10.2. The number of ether oxygens (including phenoxy) is 1. The summed E-state index contributed by atoms with van der Waals surface area (Å²) in [6, 6.07) is 14.8. The Labute approximate surface area is 173 Å². The van der Waals surface area contributed by atoms with Gasteiger partial charge in [0, 0.05) is 17.2 Å². The Morgan fingerprint density at radius 2 is 1.90 bits per heavy atom. The van der Waals surface area contributed by atoms with Gasteiger partial charge in [0.2, 0.25) is 0 Å². The summed E-state index contributed by atoms with van der Waals surface area (Å²) in [6.07, 6.45) is 3.62. The third-order valence-corrected chi connectivity index (χ3v) is 6.21. The summed E-state index contributed by atoms with van der Waals surface area (Å²) in [7, 11) is 8.27. The topological polar surface area (TPSA) is 25.4 Å². The molecule has 0 saturated carbocycles. The van der Waals surface area contributed by atoms with E-state index < -0.39 is 0 Å². The molecule has 0 N–H and O–H groups in total. The molecule has 1 aliphatic heterocycles. The van der Waals surface area contributed by atoms with Gasteiger partial charge in [-0.05, 0) is 69.1 Å². The van der Waals surface area contributed by atoms with Crippen molar-refractivity contribution < 1.29 is 9.13 Å². The number of likely N-dealkylation sites (tertiary alicyclic amines) is 1. The van der Waals surface area contributed by atoms with Crippen molar-refractivity contribution in [2.24, 2.45) is 0 Å². The molecule has 3 aromatic rings. The van der Waals surface area contributed by atoms with Crippen LogP contribution in [-0.4, -0.2) is 44.5 Å². The van der Waals surface area contributed by atoms with Crippen LogP contribution in [0.4, 0.5) is 4.39 Å². The van der Waals surface area contributed by atoms with Crippen molar-refractivity contribution in [1.82, 2.24) is 9.88 Å². The smallest absolute Gasteiger partial charge is 0.123 e. The van der Waals surface area contributed by atoms with E-state index in [1.54, 1.807) is 18.3 Å². The second-order valence-corrected chi connectivity index (χ2v) is 8.23. The maximum absolute atomic E-state index is 13.5. The highest BCUT2D eigenvalue weighted by molar-refractivity contribution is 6.33. The average molecular weight is 388 g/mol. The van der Waals surface area contributed by atoms with Crippen LogP contribution < -0.4 is 5.46 Å². The lowest BCUT2D eigenvalue weighted by atomic mass is 9.73.